The smallest absolute Gasteiger partial charge is 1.00 e. The quantitative estimate of drug-likeness (QED) is 0.177. The predicted octanol–water partition coefficient (Wildman–Crippen LogP) is 6.16. The summed E-state index contributed by atoms with van der Waals surface area (Å²) in [6.07, 6.45) is 27.6. The molecule has 9 heteroatoms. The van der Waals surface area contributed by atoms with Gasteiger partial charge in [-0.3, -0.25) is 0 Å². The minimum Gasteiger partial charge on any atom is -1.00 e. The monoisotopic (exact) mass is 965 g/mol. The van der Waals surface area contributed by atoms with Gasteiger partial charge in [-0.2, -0.15) is 0 Å². The van der Waals surface area contributed by atoms with Crippen molar-refractivity contribution in [3.63, 3.8) is 0 Å². The van der Waals surface area contributed by atoms with Crippen molar-refractivity contribution < 1.29 is 53.8 Å². The van der Waals surface area contributed by atoms with Crippen molar-refractivity contribution >= 4 is 17.4 Å². The third-order valence-corrected chi connectivity index (χ3v) is 21.3. The summed E-state index contributed by atoms with van der Waals surface area (Å²) < 4.78 is 36.4. The largest absolute Gasteiger partial charge is 1.00 e. The average Bonchev–Trinajstić information content (AvgIpc) is 3.95. The molecule has 0 aromatic rings. The summed E-state index contributed by atoms with van der Waals surface area (Å²) >= 11 is 0. The average molecular weight is 965 g/mol. The molecule has 0 bridgehead atoms. The Labute approximate surface area is 448 Å². The third kappa shape index (κ3) is 9.83. The van der Waals surface area contributed by atoms with Gasteiger partial charge >= 0.3 is 18.9 Å². The fraction of sp³-hybridized carbons (Fsp3) is 0.803. The van der Waals surface area contributed by atoms with Crippen LogP contribution in [0, 0.1) is 152 Å². The molecule has 8 aliphatic carbocycles. The minimum absolute atomic E-state index is 0. The van der Waals surface area contributed by atoms with Gasteiger partial charge in [0.2, 0.25) is 0 Å². The van der Waals surface area contributed by atoms with Gasteiger partial charge in [-0.15, -0.1) is 6.42 Å². The first-order chi connectivity index (χ1) is 32.8. The van der Waals surface area contributed by atoms with Gasteiger partial charge < -0.3 is 35.0 Å². The van der Waals surface area contributed by atoms with Crippen LogP contribution < -0.4 is 18.9 Å². The Balaban J connectivity index is 0.000000170. The molecule has 8 saturated carbocycles. The molecule has 12 aliphatic rings. The molecule has 70 heavy (non-hydrogen) atoms. The van der Waals surface area contributed by atoms with Crippen molar-refractivity contribution in [2.45, 2.75) is 188 Å². The molecular formula is C61H86AlLiO7. The van der Waals surface area contributed by atoms with Crippen molar-refractivity contribution in [3.8, 4) is 71.5 Å². The van der Waals surface area contributed by atoms with Crippen LogP contribution in [0.25, 0.3) is 0 Å². The molecule has 4 aliphatic heterocycles. The first-order valence-corrected chi connectivity index (χ1v) is 27.2. The van der Waals surface area contributed by atoms with Crippen molar-refractivity contribution in [2.24, 2.45) is 80.8 Å². The van der Waals surface area contributed by atoms with E-state index < -0.39 is 5.79 Å². The van der Waals surface area contributed by atoms with Crippen LogP contribution in [0.4, 0.5) is 0 Å². The summed E-state index contributed by atoms with van der Waals surface area (Å²) in [4.78, 5) is 0. The Kier molecular flexibility index (Phi) is 18.4. The summed E-state index contributed by atoms with van der Waals surface area (Å²) in [5.74, 6) is 34.1. The summed E-state index contributed by atoms with van der Waals surface area (Å²) in [5, 5.41) is 11.4. The van der Waals surface area contributed by atoms with Crippen molar-refractivity contribution in [1.29, 1.82) is 0 Å². The van der Waals surface area contributed by atoms with Gasteiger partial charge in [0, 0.05) is 26.1 Å². The number of aliphatic hydroxyl groups is 1. The number of aliphatic hydroxyl groups excluding tert-OH is 1. The zero-order valence-electron chi connectivity index (χ0n) is 44.7. The fourth-order valence-electron chi connectivity index (χ4n) is 17.9. The van der Waals surface area contributed by atoms with Crippen LogP contribution in [0.5, 0.6) is 0 Å². The van der Waals surface area contributed by atoms with Crippen LogP contribution in [0.15, 0.2) is 0 Å². The van der Waals surface area contributed by atoms with Gasteiger partial charge in [-0.1, -0.05) is 60.3 Å². The molecule has 0 radical (unpaired) electrons. The van der Waals surface area contributed by atoms with Crippen molar-refractivity contribution in [3.05, 3.63) is 0 Å². The number of hydrogen-bond acceptors (Lipinski definition) is 7. The van der Waals surface area contributed by atoms with Gasteiger partial charge in [-0.05, 0) is 220 Å². The number of ether oxygens (including phenoxy) is 6. The second-order valence-corrected chi connectivity index (χ2v) is 24.1. The molecule has 1 N–H and O–H groups in total. The second-order valence-electron chi connectivity index (χ2n) is 24.1. The van der Waals surface area contributed by atoms with Gasteiger partial charge in [0.1, 0.15) is 0 Å². The molecule has 4 heterocycles. The fourth-order valence-corrected chi connectivity index (χ4v) is 17.9. The molecule has 12 fully saturated rings. The number of hydrogen-bond donors (Lipinski definition) is 1. The predicted molar refractivity (Wildman–Crippen MR) is 276 cm³/mol. The van der Waals surface area contributed by atoms with E-state index in [0.717, 1.165) is 93.0 Å². The molecule has 17 atom stereocenters. The Bertz CT molecular complexity index is 2160. The van der Waals surface area contributed by atoms with E-state index in [1.165, 1.54) is 89.9 Å². The van der Waals surface area contributed by atoms with Crippen LogP contribution in [0.2, 0.25) is 0 Å². The third-order valence-electron chi connectivity index (χ3n) is 21.3. The number of fused-ring (bicyclic) bond motifs is 15. The van der Waals surface area contributed by atoms with E-state index >= 15 is 0 Å². The SMILES string of the molecule is C#CC#CC#CC#CC#CC#CC.C1CCOC1.C[C@@H]1CC[C@]2(C)C3C(CC[C@@H]2C1)C1CCC2(OCCO2)[C@@]1(C)[C@H]1OC31.C[C@@H]1CC[C@]2(C)C3C[C@H](O)[C@@]4(C)C(CCC45OCCO5)C3CC[C@@H]2C1.[AlH3].[H-].[Li+]. The Morgan fingerprint density at radius 1 is 0.543 bits per heavy atom. The van der Waals surface area contributed by atoms with E-state index in [-0.39, 0.29) is 60.4 Å². The maximum Gasteiger partial charge on any atom is 1.00 e. The normalized spacial score (nSPS) is 44.7. The molecule has 376 valence electrons. The Hall–Kier alpha value is -1.79. The van der Waals surface area contributed by atoms with Crippen LogP contribution in [0.3, 0.4) is 0 Å². The summed E-state index contributed by atoms with van der Waals surface area (Å²) in [7, 11) is 0. The molecule has 7 unspecified atom stereocenters. The molecule has 7 nitrogen and oxygen atoms in total. The number of epoxide rings is 1. The van der Waals surface area contributed by atoms with Crippen molar-refractivity contribution in [1.82, 2.24) is 0 Å². The summed E-state index contributed by atoms with van der Waals surface area (Å²) in [6.45, 7) is 21.5. The van der Waals surface area contributed by atoms with Crippen molar-refractivity contribution in [2.75, 3.05) is 39.6 Å². The van der Waals surface area contributed by atoms with E-state index in [0.29, 0.717) is 48.1 Å². The van der Waals surface area contributed by atoms with E-state index in [1.54, 1.807) is 6.92 Å². The van der Waals surface area contributed by atoms with Gasteiger partial charge in [0.15, 0.2) is 28.9 Å². The zero-order chi connectivity index (χ0) is 47.8. The maximum atomic E-state index is 11.4. The van der Waals surface area contributed by atoms with Crippen LogP contribution in [-0.2, 0) is 28.4 Å². The molecule has 2 spiro atoms. The first kappa shape index (κ1) is 55.9. The maximum absolute atomic E-state index is 11.4. The number of rotatable bonds is 0. The summed E-state index contributed by atoms with van der Waals surface area (Å²) in [5.41, 5.74) is 0.838. The first-order valence-electron chi connectivity index (χ1n) is 27.2. The Morgan fingerprint density at radius 2 is 1.03 bits per heavy atom. The van der Waals surface area contributed by atoms with Crippen LogP contribution in [-0.4, -0.2) is 92.0 Å². The topological polar surface area (TPSA) is 78.9 Å². The van der Waals surface area contributed by atoms with Crippen LogP contribution in [0.1, 0.15) is 159 Å². The van der Waals surface area contributed by atoms with Crippen LogP contribution >= 0.6 is 0 Å². The van der Waals surface area contributed by atoms with E-state index in [9.17, 15) is 5.11 Å². The van der Waals surface area contributed by atoms with E-state index in [4.69, 9.17) is 34.8 Å². The molecule has 0 aromatic heterocycles. The number of terminal acetylenes is 1. The Morgan fingerprint density at radius 3 is 1.56 bits per heavy atom. The van der Waals surface area contributed by atoms with E-state index in [1.807, 2.05) is 0 Å². The van der Waals surface area contributed by atoms with Gasteiger partial charge in [0.05, 0.1) is 55.6 Å². The molecule has 12 rings (SSSR count). The van der Waals surface area contributed by atoms with E-state index in [2.05, 4.69) is 107 Å². The molecular weight excluding hydrogens is 879 g/mol. The zero-order valence-corrected chi connectivity index (χ0v) is 43.7. The van der Waals surface area contributed by atoms with Gasteiger partial charge in [-0.25, -0.2) is 0 Å². The molecule has 0 amide bonds. The second kappa shape index (κ2) is 23.0. The standard InChI is InChI=1S/C22H34O3.C22H36O3.C13H4.C4H8O.Al.Li.4H/c1-13-6-8-20(2)14(12-13)4-5-15-16-7-9-22(23-10-11-24-22)21(16,3)19-18(25-19)17(15)20;1-14-6-8-20(2)15(12-14)4-5-16-17-7-9-22(24-10-11-25-22)21(17,3)19(23)13-18(16)20;1-3-5-7-9-11-13-12-10-8-6-4-2;1-2-4-5-3-1;;;;;;/h13-19H,4-12H2,1-3H3;14-19,23H,4-13H2,1-3H3;1H,2H3;1-4H2;;;;;;/q;;;;;+1;;;;-1/t13-,14-,15?,16?,17?,18?,19+,20+,21-;14-,15-,16?,17?,18?,19+,20+,21-;;;;;;;;/m11......../s1. The van der Waals surface area contributed by atoms with Gasteiger partial charge in [0.25, 0.3) is 0 Å². The minimum atomic E-state index is -0.499. The molecule has 0 aromatic carbocycles. The summed E-state index contributed by atoms with van der Waals surface area (Å²) in [6, 6.07) is 0. The molecule has 4 saturated heterocycles.